The lowest BCUT2D eigenvalue weighted by Crippen LogP contribution is -2.33. The fourth-order valence-corrected chi connectivity index (χ4v) is 3.13. The molecule has 0 aliphatic carbocycles. The predicted octanol–water partition coefficient (Wildman–Crippen LogP) is 4.98. The van der Waals surface area contributed by atoms with Crippen LogP contribution in [0.25, 0.3) is 6.08 Å². The Morgan fingerprint density at radius 1 is 0.966 bits per heavy atom. The first-order valence-electron chi connectivity index (χ1n) is 9.17. The van der Waals surface area contributed by atoms with Gasteiger partial charge < -0.3 is 4.74 Å². The summed E-state index contributed by atoms with van der Waals surface area (Å²) in [5.41, 5.74) is 3.09. The monoisotopic (exact) mass is 386 g/mol. The van der Waals surface area contributed by atoms with E-state index in [0.717, 1.165) is 11.1 Å². The van der Waals surface area contributed by atoms with Crippen molar-refractivity contribution in [3.63, 3.8) is 0 Å². The van der Waals surface area contributed by atoms with Crippen molar-refractivity contribution in [1.29, 1.82) is 0 Å². The van der Waals surface area contributed by atoms with Crippen molar-refractivity contribution in [1.82, 2.24) is 0 Å². The van der Waals surface area contributed by atoms with Crippen LogP contribution in [-0.2, 0) is 4.79 Å². The van der Waals surface area contributed by atoms with Crippen LogP contribution in [0.15, 0.2) is 83.5 Å². The molecular formula is C24H19FN2O2. The normalized spacial score (nSPS) is 15.0. The van der Waals surface area contributed by atoms with Gasteiger partial charge in [0, 0.05) is 0 Å². The van der Waals surface area contributed by atoms with E-state index in [4.69, 9.17) is 4.74 Å². The molecule has 4 nitrogen and oxygen atoms in total. The summed E-state index contributed by atoms with van der Waals surface area (Å²) >= 11 is 0. The summed E-state index contributed by atoms with van der Waals surface area (Å²) in [5, 5.41) is 0. The molecule has 0 spiro atoms. The first-order valence-corrected chi connectivity index (χ1v) is 9.17. The second-order valence-corrected chi connectivity index (χ2v) is 6.69. The number of amidine groups is 1. The van der Waals surface area contributed by atoms with Crippen molar-refractivity contribution in [3.8, 4) is 5.75 Å². The Kier molecular flexibility index (Phi) is 4.96. The average molecular weight is 386 g/mol. The molecule has 1 heterocycles. The average Bonchev–Trinajstić information content (AvgIpc) is 3.06. The molecule has 0 N–H and O–H groups in total. The number of ether oxygens (including phenoxy) is 1. The number of carbonyl (C=O) groups is 1. The second kappa shape index (κ2) is 7.72. The summed E-state index contributed by atoms with van der Waals surface area (Å²) in [6, 6.07) is 21.1. The van der Waals surface area contributed by atoms with Crippen molar-refractivity contribution in [3.05, 3.63) is 101 Å². The van der Waals surface area contributed by atoms with E-state index in [1.54, 1.807) is 55.7 Å². The van der Waals surface area contributed by atoms with Crippen LogP contribution in [0, 0.1) is 12.7 Å². The minimum Gasteiger partial charge on any atom is -0.497 e. The molecule has 0 saturated heterocycles. The number of benzene rings is 3. The lowest BCUT2D eigenvalue weighted by Gasteiger charge is -2.19. The van der Waals surface area contributed by atoms with Gasteiger partial charge in [-0.05, 0) is 55.0 Å². The minimum absolute atomic E-state index is 0.253. The van der Waals surface area contributed by atoms with Crippen LogP contribution in [0.2, 0.25) is 0 Å². The molecule has 1 aliphatic rings. The Bertz CT molecular complexity index is 1120. The third-order valence-corrected chi connectivity index (χ3v) is 4.69. The van der Waals surface area contributed by atoms with Crippen LogP contribution >= 0.6 is 0 Å². The van der Waals surface area contributed by atoms with Gasteiger partial charge in [-0.15, -0.1) is 0 Å². The highest BCUT2D eigenvalue weighted by Gasteiger charge is 2.33. The van der Waals surface area contributed by atoms with E-state index >= 15 is 0 Å². The Morgan fingerprint density at radius 2 is 1.66 bits per heavy atom. The lowest BCUT2D eigenvalue weighted by molar-refractivity contribution is -0.113. The molecule has 29 heavy (non-hydrogen) atoms. The second-order valence-electron chi connectivity index (χ2n) is 6.69. The number of aryl methyl sites for hydroxylation is 1. The minimum atomic E-state index is -0.436. The van der Waals surface area contributed by atoms with Crippen molar-refractivity contribution in [2.45, 2.75) is 6.92 Å². The van der Waals surface area contributed by atoms with Crippen LogP contribution in [0.1, 0.15) is 16.7 Å². The van der Waals surface area contributed by atoms with Crippen molar-refractivity contribution >= 4 is 23.5 Å². The van der Waals surface area contributed by atoms with Gasteiger partial charge in [-0.2, -0.15) is 0 Å². The summed E-state index contributed by atoms with van der Waals surface area (Å²) in [5.74, 6) is 0.181. The fourth-order valence-electron chi connectivity index (χ4n) is 3.13. The van der Waals surface area contributed by atoms with E-state index in [2.05, 4.69) is 4.99 Å². The van der Waals surface area contributed by atoms with Crippen LogP contribution in [0.4, 0.5) is 10.1 Å². The van der Waals surface area contributed by atoms with Gasteiger partial charge in [0.25, 0.3) is 5.91 Å². The number of hydrogen-bond donors (Lipinski definition) is 0. The Morgan fingerprint density at radius 3 is 2.31 bits per heavy atom. The molecule has 4 rings (SSSR count). The number of rotatable bonds is 4. The Labute approximate surface area is 168 Å². The molecule has 0 atom stereocenters. The van der Waals surface area contributed by atoms with Gasteiger partial charge in [-0.25, -0.2) is 9.38 Å². The quantitative estimate of drug-likeness (QED) is 0.594. The van der Waals surface area contributed by atoms with E-state index in [-0.39, 0.29) is 23.0 Å². The van der Waals surface area contributed by atoms with Gasteiger partial charge in [0.1, 0.15) is 17.3 Å². The molecule has 0 fully saturated rings. The zero-order valence-electron chi connectivity index (χ0n) is 16.1. The SMILES string of the molecule is COc1ccc(N2C(=O)/C(=C\c3ccc(C)cc3)N=C2c2ccccc2F)cc1. The van der Waals surface area contributed by atoms with Crippen LogP contribution in [-0.4, -0.2) is 18.9 Å². The smallest absolute Gasteiger partial charge is 0.282 e. The molecule has 1 amide bonds. The zero-order valence-corrected chi connectivity index (χ0v) is 16.1. The molecule has 5 heteroatoms. The molecule has 0 aromatic heterocycles. The summed E-state index contributed by atoms with van der Waals surface area (Å²) in [7, 11) is 1.57. The third-order valence-electron chi connectivity index (χ3n) is 4.69. The molecular weight excluding hydrogens is 367 g/mol. The van der Waals surface area contributed by atoms with E-state index in [1.807, 2.05) is 31.2 Å². The molecule has 144 valence electrons. The maximum atomic E-state index is 14.5. The van der Waals surface area contributed by atoms with Gasteiger partial charge in [-0.3, -0.25) is 9.69 Å². The van der Waals surface area contributed by atoms with Gasteiger partial charge in [0.05, 0.1) is 18.4 Å². The van der Waals surface area contributed by atoms with Crippen molar-refractivity contribution < 1.29 is 13.9 Å². The largest absolute Gasteiger partial charge is 0.497 e. The van der Waals surface area contributed by atoms with Gasteiger partial charge >= 0.3 is 0 Å². The number of amides is 1. The number of halogens is 1. The maximum Gasteiger partial charge on any atom is 0.282 e. The highest BCUT2D eigenvalue weighted by atomic mass is 19.1. The molecule has 0 saturated carbocycles. The summed E-state index contributed by atoms with van der Waals surface area (Å²) in [6.45, 7) is 2.00. The molecule has 1 aliphatic heterocycles. The number of hydrogen-bond acceptors (Lipinski definition) is 3. The van der Waals surface area contributed by atoms with E-state index in [1.165, 1.54) is 11.0 Å². The van der Waals surface area contributed by atoms with E-state index in [9.17, 15) is 9.18 Å². The van der Waals surface area contributed by atoms with Crippen molar-refractivity contribution in [2.75, 3.05) is 12.0 Å². The highest BCUT2D eigenvalue weighted by molar-refractivity contribution is 6.33. The summed E-state index contributed by atoms with van der Waals surface area (Å²) < 4.78 is 19.7. The van der Waals surface area contributed by atoms with E-state index < -0.39 is 5.82 Å². The zero-order chi connectivity index (χ0) is 20.4. The fraction of sp³-hybridized carbons (Fsp3) is 0.0833. The van der Waals surface area contributed by atoms with E-state index in [0.29, 0.717) is 11.4 Å². The van der Waals surface area contributed by atoms with Gasteiger partial charge in [0.15, 0.2) is 5.84 Å². The number of anilines is 1. The third kappa shape index (κ3) is 3.67. The topological polar surface area (TPSA) is 41.9 Å². The predicted molar refractivity (Wildman–Crippen MR) is 113 cm³/mol. The molecule has 3 aromatic rings. The highest BCUT2D eigenvalue weighted by Crippen LogP contribution is 2.30. The van der Waals surface area contributed by atoms with Gasteiger partial charge in [-0.1, -0.05) is 42.0 Å². The van der Waals surface area contributed by atoms with Crippen LogP contribution in [0.5, 0.6) is 5.75 Å². The summed E-state index contributed by atoms with van der Waals surface area (Å²) in [4.78, 5) is 19.1. The number of aliphatic imine (C=N–C) groups is 1. The molecule has 0 bridgehead atoms. The lowest BCUT2D eigenvalue weighted by atomic mass is 10.1. The molecule has 0 radical (unpaired) electrons. The standard InChI is InChI=1S/C24H19FN2O2/c1-16-7-9-17(10-8-16)15-22-24(28)27(18-11-13-19(29-2)14-12-18)23(26-22)20-5-3-4-6-21(20)25/h3-15H,1-2H3/b22-15+. The number of carbonyl (C=O) groups excluding carboxylic acids is 1. The van der Waals surface area contributed by atoms with Crippen LogP contribution < -0.4 is 9.64 Å². The summed E-state index contributed by atoms with van der Waals surface area (Å²) in [6.07, 6.45) is 1.71. The number of methoxy groups -OCH3 is 1. The van der Waals surface area contributed by atoms with Crippen LogP contribution in [0.3, 0.4) is 0 Å². The Hall–Kier alpha value is -3.73. The molecule has 0 unspecified atom stereocenters. The first-order chi connectivity index (χ1) is 14.1. The number of nitrogens with zero attached hydrogens (tertiary/aromatic N) is 2. The van der Waals surface area contributed by atoms with Gasteiger partial charge in [0.2, 0.25) is 0 Å². The Balaban J connectivity index is 1.82. The first kappa shape index (κ1) is 18.6. The maximum absolute atomic E-state index is 14.5. The van der Waals surface area contributed by atoms with Crippen molar-refractivity contribution in [2.24, 2.45) is 4.99 Å². The molecule has 3 aromatic carbocycles.